The first kappa shape index (κ1) is 13.8. The lowest BCUT2D eigenvalue weighted by molar-refractivity contribution is 0.504. The van der Waals surface area contributed by atoms with Gasteiger partial charge in [-0.1, -0.05) is 6.92 Å². The smallest absolute Gasteiger partial charge is 0.0664 e. The molecule has 0 aliphatic carbocycles. The first-order valence-electron chi connectivity index (χ1n) is 5.02. The fraction of sp³-hybridized carbons (Fsp3) is 0.727. The van der Waals surface area contributed by atoms with E-state index in [-0.39, 0.29) is 11.8 Å². The second-order valence-corrected chi connectivity index (χ2v) is 4.56. The van der Waals surface area contributed by atoms with E-state index in [4.69, 9.17) is 15.8 Å². The third-order valence-corrected chi connectivity index (χ3v) is 3.11. The molecule has 0 aromatic rings. The van der Waals surface area contributed by atoms with Crippen LogP contribution >= 0.6 is 11.8 Å². The van der Waals surface area contributed by atoms with Crippen LogP contribution in [0.2, 0.25) is 0 Å². The summed E-state index contributed by atoms with van der Waals surface area (Å²) in [5, 5.41) is 26.1. The highest BCUT2D eigenvalue weighted by atomic mass is 32.2. The van der Waals surface area contributed by atoms with E-state index in [0.717, 1.165) is 11.5 Å². The Bertz CT molecular complexity index is 282. The lowest BCUT2D eigenvalue weighted by atomic mass is 9.94. The highest BCUT2D eigenvalue weighted by Crippen LogP contribution is 2.19. The number of thioether (sulfide) groups is 1. The van der Waals surface area contributed by atoms with Gasteiger partial charge >= 0.3 is 0 Å². The van der Waals surface area contributed by atoms with Gasteiger partial charge in [0.05, 0.1) is 24.1 Å². The molecule has 0 aromatic heterocycles. The molecule has 0 aliphatic heterocycles. The van der Waals surface area contributed by atoms with Crippen molar-refractivity contribution < 1.29 is 0 Å². The van der Waals surface area contributed by atoms with Crippen molar-refractivity contribution in [1.29, 1.82) is 15.8 Å². The highest BCUT2D eigenvalue weighted by Gasteiger charge is 2.15. The molecule has 3 nitrogen and oxygen atoms in total. The van der Waals surface area contributed by atoms with Crippen LogP contribution in [0.5, 0.6) is 0 Å². The summed E-state index contributed by atoms with van der Waals surface area (Å²) >= 11 is 1.72. The molecule has 0 N–H and O–H groups in total. The number of hydrogen-bond donors (Lipinski definition) is 0. The van der Waals surface area contributed by atoms with Gasteiger partial charge in [-0.05, 0) is 18.6 Å². The van der Waals surface area contributed by atoms with Crippen molar-refractivity contribution >= 4 is 11.8 Å². The summed E-state index contributed by atoms with van der Waals surface area (Å²) in [6.07, 6.45) is 1.58. The largest absolute Gasteiger partial charge is 0.198 e. The molecule has 0 heterocycles. The van der Waals surface area contributed by atoms with Gasteiger partial charge in [0.25, 0.3) is 0 Å². The fourth-order valence-corrected chi connectivity index (χ4v) is 1.97. The predicted octanol–water partition coefficient (Wildman–Crippen LogP) is 2.71. The molecule has 2 unspecified atom stereocenters. The number of rotatable bonds is 7. The Morgan fingerprint density at radius 3 is 2.27 bits per heavy atom. The minimum atomic E-state index is -0.147. The zero-order valence-electron chi connectivity index (χ0n) is 8.94. The maximum Gasteiger partial charge on any atom is 0.0664 e. The molecule has 0 aromatic carbocycles. The molecule has 0 fully saturated rings. The summed E-state index contributed by atoms with van der Waals surface area (Å²) in [5.74, 6) is 1.58. The molecule has 0 saturated carbocycles. The zero-order valence-corrected chi connectivity index (χ0v) is 9.76. The second-order valence-electron chi connectivity index (χ2n) is 3.24. The van der Waals surface area contributed by atoms with Gasteiger partial charge in [0.15, 0.2) is 0 Å². The monoisotopic (exact) mass is 221 g/mol. The van der Waals surface area contributed by atoms with Gasteiger partial charge < -0.3 is 0 Å². The highest BCUT2D eigenvalue weighted by molar-refractivity contribution is 7.99. The van der Waals surface area contributed by atoms with Crippen molar-refractivity contribution in [1.82, 2.24) is 0 Å². The normalized spacial score (nSPS) is 13.2. The van der Waals surface area contributed by atoms with Crippen LogP contribution in [0.4, 0.5) is 0 Å². The Labute approximate surface area is 95.7 Å². The van der Waals surface area contributed by atoms with E-state index in [0.29, 0.717) is 19.3 Å². The van der Waals surface area contributed by atoms with Crippen LogP contribution in [0.1, 0.15) is 26.2 Å². The van der Waals surface area contributed by atoms with Gasteiger partial charge in [-0.3, -0.25) is 0 Å². The SMILES string of the molecule is CCSCC(C#N)CC(C#N)CCC#N. The van der Waals surface area contributed by atoms with Crippen molar-refractivity contribution in [2.24, 2.45) is 11.8 Å². The van der Waals surface area contributed by atoms with E-state index in [1.807, 2.05) is 6.07 Å². The van der Waals surface area contributed by atoms with Crippen LogP contribution in [0.3, 0.4) is 0 Å². The molecule has 0 bridgehead atoms. The van der Waals surface area contributed by atoms with Gasteiger partial charge in [-0.25, -0.2) is 0 Å². The maximum atomic E-state index is 8.88. The predicted molar refractivity (Wildman–Crippen MR) is 60.7 cm³/mol. The minimum absolute atomic E-state index is 0.0571. The third-order valence-electron chi connectivity index (χ3n) is 2.06. The Morgan fingerprint density at radius 1 is 1.13 bits per heavy atom. The molecule has 0 spiro atoms. The second kappa shape index (κ2) is 9.38. The summed E-state index contributed by atoms with van der Waals surface area (Å²) in [5.41, 5.74) is 0. The van der Waals surface area contributed by atoms with Gasteiger partial charge in [0.1, 0.15) is 0 Å². The molecule has 0 rings (SSSR count). The average molecular weight is 221 g/mol. The number of nitriles is 3. The summed E-state index contributed by atoms with van der Waals surface area (Å²) < 4.78 is 0. The van der Waals surface area contributed by atoms with Crippen molar-refractivity contribution in [2.45, 2.75) is 26.2 Å². The first-order valence-corrected chi connectivity index (χ1v) is 6.17. The van der Waals surface area contributed by atoms with E-state index in [9.17, 15) is 0 Å². The Hall–Kier alpha value is -1.18. The van der Waals surface area contributed by atoms with E-state index >= 15 is 0 Å². The molecule has 2 atom stereocenters. The number of hydrogen-bond acceptors (Lipinski definition) is 4. The third kappa shape index (κ3) is 6.83. The minimum Gasteiger partial charge on any atom is -0.198 e. The Morgan fingerprint density at radius 2 is 1.80 bits per heavy atom. The van der Waals surface area contributed by atoms with Crippen LogP contribution in [-0.4, -0.2) is 11.5 Å². The van der Waals surface area contributed by atoms with Crippen LogP contribution < -0.4 is 0 Å². The van der Waals surface area contributed by atoms with Crippen LogP contribution in [-0.2, 0) is 0 Å². The lowest BCUT2D eigenvalue weighted by Gasteiger charge is -2.11. The molecule has 4 heteroatoms. The van der Waals surface area contributed by atoms with Gasteiger partial charge in [-0.15, -0.1) is 0 Å². The maximum absolute atomic E-state index is 8.88. The molecular weight excluding hydrogens is 206 g/mol. The molecule has 80 valence electrons. The number of nitrogens with zero attached hydrogens (tertiary/aromatic N) is 3. The molecular formula is C11H15N3S. The fourth-order valence-electron chi connectivity index (χ4n) is 1.24. The summed E-state index contributed by atoms with van der Waals surface area (Å²) in [7, 11) is 0. The van der Waals surface area contributed by atoms with Gasteiger partial charge in [-0.2, -0.15) is 27.5 Å². The quantitative estimate of drug-likeness (QED) is 0.662. The van der Waals surface area contributed by atoms with E-state index in [1.54, 1.807) is 11.8 Å². The van der Waals surface area contributed by atoms with Crippen LogP contribution in [0.25, 0.3) is 0 Å². The zero-order chi connectivity index (χ0) is 11.5. The van der Waals surface area contributed by atoms with Gasteiger partial charge in [0.2, 0.25) is 0 Å². The summed E-state index contributed by atoms with van der Waals surface area (Å²) in [4.78, 5) is 0. The van der Waals surface area contributed by atoms with Crippen LogP contribution in [0, 0.1) is 45.8 Å². The Kier molecular flexibility index (Phi) is 8.64. The molecule has 0 amide bonds. The Balaban J connectivity index is 3.98. The van der Waals surface area contributed by atoms with Crippen molar-refractivity contribution in [3.8, 4) is 18.2 Å². The van der Waals surface area contributed by atoms with Crippen LogP contribution in [0.15, 0.2) is 0 Å². The van der Waals surface area contributed by atoms with E-state index in [2.05, 4.69) is 19.1 Å². The van der Waals surface area contributed by atoms with Crippen molar-refractivity contribution in [3.63, 3.8) is 0 Å². The molecule has 0 radical (unpaired) electrons. The van der Waals surface area contributed by atoms with E-state index < -0.39 is 0 Å². The topological polar surface area (TPSA) is 71.4 Å². The average Bonchev–Trinajstić information content (AvgIpc) is 2.28. The molecule has 0 aliphatic rings. The molecule has 15 heavy (non-hydrogen) atoms. The van der Waals surface area contributed by atoms with Gasteiger partial charge in [0, 0.05) is 18.1 Å². The lowest BCUT2D eigenvalue weighted by Crippen LogP contribution is -2.08. The summed E-state index contributed by atoms with van der Waals surface area (Å²) in [6.45, 7) is 2.05. The first-order chi connectivity index (χ1) is 7.28. The standard InChI is InChI=1S/C11H15N3S/c1-2-15-9-11(8-14)6-10(7-13)4-3-5-12/h10-11H,2-4,6,9H2,1H3. The van der Waals surface area contributed by atoms with E-state index in [1.165, 1.54) is 0 Å². The molecule has 0 saturated heterocycles. The van der Waals surface area contributed by atoms with Crippen molar-refractivity contribution in [3.05, 3.63) is 0 Å². The van der Waals surface area contributed by atoms with Crippen molar-refractivity contribution in [2.75, 3.05) is 11.5 Å². The summed E-state index contributed by atoms with van der Waals surface area (Å²) in [6, 6.07) is 6.42.